The van der Waals surface area contributed by atoms with Gasteiger partial charge >= 0.3 is 5.91 Å². The molecule has 5 nitrogen and oxygen atoms in total. The molecule has 3 rings (SSSR count). The fraction of sp³-hybridized carbons (Fsp3) is 0.318. The lowest BCUT2D eigenvalue weighted by molar-refractivity contribution is -0.129. The van der Waals surface area contributed by atoms with Gasteiger partial charge in [-0.1, -0.05) is 37.5 Å². The average molecular weight is 391 g/mol. The number of nitriles is 1. The Balaban J connectivity index is 2.35. The number of nitrogens with zero attached hydrogens (tertiary/aromatic N) is 2. The highest BCUT2D eigenvalue weighted by Crippen LogP contribution is 2.47. The van der Waals surface area contributed by atoms with Crippen LogP contribution in [0.1, 0.15) is 42.5 Å². The van der Waals surface area contributed by atoms with Crippen molar-refractivity contribution < 1.29 is 9.59 Å². The second-order valence-electron chi connectivity index (χ2n) is 6.86. The molecular weight excluding hydrogens is 370 g/mol. The third kappa shape index (κ3) is 3.17. The maximum absolute atomic E-state index is 13.1. The van der Waals surface area contributed by atoms with Crippen LogP contribution in [0.25, 0.3) is 0 Å². The molecule has 1 aromatic heterocycles. The number of benzene rings is 1. The summed E-state index contributed by atoms with van der Waals surface area (Å²) in [6.07, 6.45) is 9.99. The lowest BCUT2D eigenvalue weighted by Gasteiger charge is -2.46. The fourth-order valence-electron chi connectivity index (χ4n) is 4.23. The van der Waals surface area contributed by atoms with E-state index in [1.54, 1.807) is 24.3 Å². The molecule has 1 unspecified atom stereocenters. The molecule has 0 spiro atoms. The number of para-hydroxylation sites is 1. The largest absolute Gasteiger partial charge is 0.367 e. The van der Waals surface area contributed by atoms with Crippen LogP contribution in [0, 0.1) is 29.6 Å². The van der Waals surface area contributed by atoms with Crippen LogP contribution in [0.2, 0.25) is 0 Å². The van der Waals surface area contributed by atoms with E-state index in [0.29, 0.717) is 10.6 Å². The maximum Gasteiger partial charge on any atom is 0.303 e. The number of terminal acetylenes is 1. The van der Waals surface area contributed by atoms with E-state index >= 15 is 0 Å². The Labute approximate surface area is 168 Å². The van der Waals surface area contributed by atoms with Crippen LogP contribution in [0.4, 0.5) is 5.69 Å². The number of rotatable bonds is 5. The number of primary amides is 1. The van der Waals surface area contributed by atoms with E-state index in [2.05, 4.69) is 12.0 Å². The summed E-state index contributed by atoms with van der Waals surface area (Å²) in [5, 5.41) is 11.5. The van der Waals surface area contributed by atoms with Gasteiger partial charge in [0.1, 0.15) is 6.07 Å². The highest BCUT2D eigenvalue weighted by molar-refractivity contribution is 7.10. The molecule has 1 aliphatic carbocycles. The van der Waals surface area contributed by atoms with Gasteiger partial charge in [-0.15, -0.1) is 17.8 Å². The standard InChI is InChI=1S/C22H21N3O2S/c1-2-20(26)25(18-12-7-6-9-16(18)15-23)22(21(24)27,19-13-8-14-28-19)17-10-4-3-5-11-17/h1,6-9,12-14,17H,3-5,10-11H2,(H2,24,27). The monoisotopic (exact) mass is 391 g/mol. The minimum absolute atomic E-state index is 0.179. The number of amides is 2. The Morgan fingerprint density at radius 3 is 2.46 bits per heavy atom. The van der Waals surface area contributed by atoms with Gasteiger partial charge < -0.3 is 5.73 Å². The summed E-state index contributed by atoms with van der Waals surface area (Å²) in [6, 6.07) is 12.4. The molecule has 6 heteroatoms. The minimum atomic E-state index is -1.43. The van der Waals surface area contributed by atoms with E-state index in [0.717, 1.165) is 32.1 Å². The number of carbonyl (C=O) groups excluding carboxylic acids is 2. The minimum Gasteiger partial charge on any atom is -0.367 e. The molecule has 28 heavy (non-hydrogen) atoms. The zero-order chi connectivity index (χ0) is 20.1. The number of thiophene rings is 1. The van der Waals surface area contributed by atoms with Crippen LogP contribution in [-0.2, 0) is 15.1 Å². The summed E-state index contributed by atoms with van der Waals surface area (Å²) in [5.41, 5.74) is 5.19. The van der Waals surface area contributed by atoms with E-state index in [9.17, 15) is 14.9 Å². The molecule has 2 N–H and O–H groups in total. The van der Waals surface area contributed by atoms with Crippen molar-refractivity contribution in [3.63, 3.8) is 0 Å². The average Bonchev–Trinajstić information content (AvgIpc) is 3.26. The topological polar surface area (TPSA) is 87.2 Å². The first-order valence-corrected chi connectivity index (χ1v) is 10.1. The molecule has 1 atom stereocenters. The molecular formula is C22H21N3O2S. The fourth-order valence-corrected chi connectivity index (χ4v) is 5.23. The summed E-state index contributed by atoms with van der Waals surface area (Å²) in [7, 11) is 0. The smallest absolute Gasteiger partial charge is 0.303 e. The number of hydrogen-bond donors (Lipinski definition) is 1. The second-order valence-corrected chi connectivity index (χ2v) is 7.80. The molecule has 2 aromatic rings. The van der Waals surface area contributed by atoms with E-state index < -0.39 is 17.4 Å². The maximum atomic E-state index is 13.1. The predicted molar refractivity (Wildman–Crippen MR) is 109 cm³/mol. The molecule has 142 valence electrons. The van der Waals surface area contributed by atoms with Crippen molar-refractivity contribution in [1.29, 1.82) is 5.26 Å². The normalized spacial score (nSPS) is 16.4. The lowest BCUT2D eigenvalue weighted by atomic mass is 9.71. The molecule has 0 saturated heterocycles. The molecule has 1 aliphatic rings. The van der Waals surface area contributed by atoms with E-state index in [1.807, 2.05) is 17.5 Å². The van der Waals surface area contributed by atoms with Gasteiger partial charge in [0.05, 0.1) is 11.3 Å². The predicted octanol–water partition coefficient (Wildman–Crippen LogP) is 3.55. The van der Waals surface area contributed by atoms with Gasteiger partial charge in [0.2, 0.25) is 5.91 Å². The SMILES string of the molecule is C#CC(=O)N(c1ccccc1C#N)C(C(N)=O)(c1cccs1)C1CCCCC1. The third-order valence-electron chi connectivity index (χ3n) is 5.41. The number of carbonyl (C=O) groups is 2. The van der Waals surface area contributed by atoms with Gasteiger partial charge in [0.15, 0.2) is 5.54 Å². The van der Waals surface area contributed by atoms with Gasteiger partial charge in [0, 0.05) is 4.88 Å². The Hall–Kier alpha value is -3.09. The van der Waals surface area contributed by atoms with Gasteiger partial charge in [-0.25, -0.2) is 0 Å². The Kier molecular flexibility index (Phi) is 5.82. The van der Waals surface area contributed by atoms with E-state index in [-0.39, 0.29) is 11.5 Å². The quantitative estimate of drug-likeness (QED) is 0.791. The van der Waals surface area contributed by atoms with Crippen LogP contribution < -0.4 is 10.6 Å². The Bertz CT molecular complexity index is 949. The van der Waals surface area contributed by atoms with Crippen LogP contribution >= 0.6 is 11.3 Å². The number of hydrogen-bond acceptors (Lipinski definition) is 4. The van der Waals surface area contributed by atoms with Crippen molar-refractivity contribution in [3.05, 3.63) is 52.2 Å². The summed E-state index contributed by atoms with van der Waals surface area (Å²) in [4.78, 5) is 28.2. The molecule has 0 aliphatic heterocycles. The Morgan fingerprint density at radius 1 is 1.18 bits per heavy atom. The molecule has 1 saturated carbocycles. The van der Waals surface area contributed by atoms with Crippen molar-refractivity contribution in [1.82, 2.24) is 0 Å². The van der Waals surface area contributed by atoms with Gasteiger partial charge in [-0.3, -0.25) is 14.5 Å². The second kappa shape index (κ2) is 8.29. The first-order valence-electron chi connectivity index (χ1n) is 9.21. The molecule has 1 heterocycles. The first-order chi connectivity index (χ1) is 13.6. The first kappa shape index (κ1) is 19.7. The molecule has 1 aromatic carbocycles. The molecule has 0 radical (unpaired) electrons. The molecule has 0 bridgehead atoms. The summed E-state index contributed by atoms with van der Waals surface area (Å²) < 4.78 is 0. The van der Waals surface area contributed by atoms with Crippen molar-refractivity contribution in [2.75, 3.05) is 4.90 Å². The summed E-state index contributed by atoms with van der Waals surface area (Å²) in [5.74, 6) is 0.664. The molecule has 2 amide bonds. The van der Waals surface area contributed by atoms with Crippen molar-refractivity contribution in [3.8, 4) is 18.4 Å². The van der Waals surface area contributed by atoms with Crippen molar-refractivity contribution >= 4 is 28.8 Å². The van der Waals surface area contributed by atoms with E-state index in [4.69, 9.17) is 12.2 Å². The van der Waals surface area contributed by atoms with Crippen LogP contribution in [-0.4, -0.2) is 11.8 Å². The van der Waals surface area contributed by atoms with Crippen molar-refractivity contribution in [2.24, 2.45) is 11.7 Å². The van der Waals surface area contributed by atoms with Crippen LogP contribution in [0.15, 0.2) is 41.8 Å². The van der Waals surface area contributed by atoms with Gasteiger partial charge in [-0.2, -0.15) is 5.26 Å². The summed E-state index contributed by atoms with van der Waals surface area (Å²) in [6.45, 7) is 0. The lowest BCUT2D eigenvalue weighted by Crippen LogP contribution is -2.61. The molecule has 1 fully saturated rings. The van der Waals surface area contributed by atoms with Crippen molar-refractivity contribution in [2.45, 2.75) is 37.6 Å². The van der Waals surface area contributed by atoms with Crippen LogP contribution in [0.5, 0.6) is 0 Å². The highest BCUT2D eigenvalue weighted by atomic mass is 32.1. The Morgan fingerprint density at radius 2 is 1.89 bits per heavy atom. The summed E-state index contributed by atoms with van der Waals surface area (Å²) >= 11 is 1.37. The number of nitrogens with two attached hydrogens (primary N) is 1. The highest BCUT2D eigenvalue weighted by Gasteiger charge is 2.54. The van der Waals surface area contributed by atoms with E-state index in [1.165, 1.54) is 16.2 Å². The van der Waals surface area contributed by atoms with Gasteiger partial charge in [0.25, 0.3) is 0 Å². The zero-order valence-corrected chi connectivity index (χ0v) is 16.2. The third-order valence-corrected chi connectivity index (χ3v) is 6.41. The van der Waals surface area contributed by atoms with Crippen LogP contribution in [0.3, 0.4) is 0 Å². The number of anilines is 1. The van der Waals surface area contributed by atoms with Gasteiger partial charge in [-0.05, 0) is 48.3 Å². The zero-order valence-electron chi connectivity index (χ0n) is 15.4.